The second kappa shape index (κ2) is 6.97. The maximum Gasteiger partial charge on any atom is 0.306 e. The first-order chi connectivity index (χ1) is 5.66. The Morgan fingerprint density at radius 2 is 2.17 bits per heavy atom. The molecule has 0 aromatic heterocycles. The van der Waals surface area contributed by atoms with Crippen LogP contribution in [0.3, 0.4) is 0 Å². The van der Waals surface area contributed by atoms with Crippen LogP contribution in [0.25, 0.3) is 0 Å². The molecular formula is C7H13NO3S. The van der Waals surface area contributed by atoms with Gasteiger partial charge in [0.25, 0.3) is 0 Å². The van der Waals surface area contributed by atoms with Gasteiger partial charge >= 0.3 is 5.97 Å². The molecule has 0 aliphatic carbocycles. The molecule has 70 valence electrons. The van der Waals surface area contributed by atoms with Crippen molar-refractivity contribution in [3.8, 4) is 0 Å². The van der Waals surface area contributed by atoms with Crippen molar-refractivity contribution in [2.24, 2.45) is 0 Å². The number of rotatable bonds is 5. The Bertz CT molecular complexity index is 161. The zero-order valence-electron chi connectivity index (χ0n) is 7.00. The minimum absolute atomic E-state index is 0.125. The fraction of sp³-hybridized carbons (Fsp3) is 0.714. The van der Waals surface area contributed by atoms with E-state index in [-0.39, 0.29) is 18.5 Å². The molecule has 12 heavy (non-hydrogen) atoms. The zero-order chi connectivity index (χ0) is 9.40. The van der Waals surface area contributed by atoms with Gasteiger partial charge in [-0.05, 0) is 0 Å². The minimum Gasteiger partial charge on any atom is -0.464 e. The molecule has 0 atom stereocenters. The van der Waals surface area contributed by atoms with E-state index < -0.39 is 0 Å². The highest BCUT2D eigenvalue weighted by Crippen LogP contribution is 1.87. The molecule has 0 aromatic rings. The van der Waals surface area contributed by atoms with Crippen LogP contribution in [0.5, 0.6) is 0 Å². The van der Waals surface area contributed by atoms with Crippen molar-refractivity contribution in [1.82, 2.24) is 5.32 Å². The fourth-order valence-corrected chi connectivity index (χ4v) is 0.738. The van der Waals surface area contributed by atoms with Crippen molar-refractivity contribution >= 4 is 24.5 Å². The number of esters is 1. The molecule has 0 fully saturated rings. The summed E-state index contributed by atoms with van der Waals surface area (Å²) in [5.41, 5.74) is 0. The summed E-state index contributed by atoms with van der Waals surface area (Å²) < 4.78 is 4.73. The van der Waals surface area contributed by atoms with Gasteiger partial charge in [0.15, 0.2) is 0 Å². The summed E-state index contributed by atoms with van der Waals surface area (Å²) in [6.07, 6.45) is 0.309. The highest BCUT2D eigenvalue weighted by atomic mass is 32.1. The second-order valence-corrected chi connectivity index (χ2v) is 2.62. The Balaban J connectivity index is 3.19. The molecule has 5 heteroatoms. The number of carbonyl (C=O) groups excluding carboxylic acids is 2. The molecule has 0 heterocycles. The van der Waals surface area contributed by atoms with E-state index in [0.717, 1.165) is 0 Å². The highest BCUT2D eigenvalue weighted by Gasteiger charge is 1.99. The zero-order valence-corrected chi connectivity index (χ0v) is 7.89. The average Bonchev–Trinajstić information content (AvgIpc) is 1.98. The third-order valence-electron chi connectivity index (χ3n) is 1.05. The third-order valence-corrected chi connectivity index (χ3v) is 1.28. The molecule has 0 saturated carbocycles. The number of hydrogen-bond donors (Lipinski definition) is 2. The summed E-state index contributed by atoms with van der Waals surface area (Å²) >= 11 is 3.87. The smallest absolute Gasteiger partial charge is 0.306 e. The molecule has 0 radical (unpaired) electrons. The van der Waals surface area contributed by atoms with Crippen molar-refractivity contribution in [2.75, 3.05) is 18.9 Å². The monoisotopic (exact) mass is 191 g/mol. The maximum atomic E-state index is 10.7. The van der Waals surface area contributed by atoms with Gasteiger partial charge in [0.2, 0.25) is 5.91 Å². The summed E-state index contributed by atoms with van der Waals surface area (Å²) in [4.78, 5) is 21.1. The van der Waals surface area contributed by atoms with Gasteiger partial charge in [0.1, 0.15) is 6.61 Å². The van der Waals surface area contributed by atoms with Crippen LogP contribution in [0.15, 0.2) is 0 Å². The van der Waals surface area contributed by atoms with E-state index in [1.807, 2.05) is 0 Å². The number of ether oxygens (including phenoxy) is 1. The topological polar surface area (TPSA) is 55.4 Å². The maximum absolute atomic E-state index is 10.7. The first kappa shape index (κ1) is 11.3. The van der Waals surface area contributed by atoms with Crippen molar-refractivity contribution in [2.45, 2.75) is 13.3 Å². The molecule has 0 aliphatic rings. The minimum atomic E-state index is -0.282. The van der Waals surface area contributed by atoms with Crippen molar-refractivity contribution in [3.63, 3.8) is 0 Å². The average molecular weight is 191 g/mol. The van der Waals surface area contributed by atoms with Crippen LogP contribution >= 0.6 is 12.6 Å². The van der Waals surface area contributed by atoms with Crippen molar-refractivity contribution in [1.29, 1.82) is 0 Å². The second-order valence-electron chi connectivity index (χ2n) is 2.18. The van der Waals surface area contributed by atoms with Crippen LogP contribution in [-0.4, -0.2) is 30.8 Å². The van der Waals surface area contributed by atoms with E-state index in [0.29, 0.717) is 18.7 Å². The molecule has 0 bridgehead atoms. The Hall–Kier alpha value is -0.710. The Kier molecular flexibility index (Phi) is 6.55. The highest BCUT2D eigenvalue weighted by molar-refractivity contribution is 7.80. The normalized spacial score (nSPS) is 9.17. The predicted octanol–water partition coefficient (Wildman–Crippen LogP) is -0.0144. The molecular weight excluding hydrogens is 178 g/mol. The number of thiol groups is 1. The Morgan fingerprint density at radius 1 is 1.50 bits per heavy atom. The molecule has 0 aliphatic heterocycles. The number of hydrogen-bond acceptors (Lipinski definition) is 4. The third kappa shape index (κ3) is 7.40. The quantitative estimate of drug-likeness (QED) is 0.365. The van der Waals surface area contributed by atoms with E-state index in [4.69, 9.17) is 4.74 Å². The molecule has 4 nitrogen and oxygen atoms in total. The van der Waals surface area contributed by atoms with Gasteiger partial charge in [-0.3, -0.25) is 9.59 Å². The summed E-state index contributed by atoms with van der Waals surface area (Å²) in [5, 5.41) is 2.51. The van der Waals surface area contributed by atoms with Gasteiger partial charge in [-0.2, -0.15) is 12.6 Å². The van der Waals surface area contributed by atoms with Crippen LogP contribution in [0.4, 0.5) is 0 Å². The van der Waals surface area contributed by atoms with Gasteiger partial charge in [0.05, 0.1) is 13.0 Å². The first-order valence-corrected chi connectivity index (χ1v) is 4.31. The van der Waals surface area contributed by atoms with Gasteiger partial charge in [-0.1, -0.05) is 0 Å². The van der Waals surface area contributed by atoms with E-state index >= 15 is 0 Å². The molecule has 1 amide bonds. The summed E-state index contributed by atoms with van der Waals surface area (Å²) in [5.74, 6) is 0.0782. The van der Waals surface area contributed by atoms with Gasteiger partial charge in [0, 0.05) is 12.7 Å². The molecule has 0 rings (SSSR count). The SMILES string of the molecule is CC(=O)NCCOC(=O)CCS. The van der Waals surface area contributed by atoms with E-state index in [9.17, 15) is 9.59 Å². The van der Waals surface area contributed by atoms with Crippen molar-refractivity contribution < 1.29 is 14.3 Å². The first-order valence-electron chi connectivity index (χ1n) is 3.67. The van der Waals surface area contributed by atoms with Crippen LogP contribution in [0.2, 0.25) is 0 Å². The lowest BCUT2D eigenvalue weighted by molar-refractivity contribution is -0.143. The van der Waals surface area contributed by atoms with Crippen LogP contribution in [-0.2, 0) is 14.3 Å². The van der Waals surface area contributed by atoms with E-state index in [2.05, 4.69) is 17.9 Å². The molecule has 0 saturated heterocycles. The molecule has 1 N–H and O–H groups in total. The van der Waals surface area contributed by atoms with Crippen LogP contribution < -0.4 is 5.32 Å². The number of amides is 1. The van der Waals surface area contributed by atoms with Crippen LogP contribution in [0.1, 0.15) is 13.3 Å². The molecule has 0 unspecified atom stereocenters. The van der Waals surface area contributed by atoms with Crippen LogP contribution in [0, 0.1) is 0 Å². The Morgan fingerprint density at radius 3 is 2.67 bits per heavy atom. The van der Waals surface area contributed by atoms with Gasteiger partial charge in [-0.25, -0.2) is 0 Å². The number of nitrogens with one attached hydrogen (secondary N) is 1. The standard InChI is InChI=1S/C7H13NO3S/c1-6(9)8-3-4-11-7(10)2-5-12/h12H,2-5H2,1H3,(H,8,9). The summed E-state index contributed by atoms with van der Waals surface area (Å²) in [6.45, 7) is 2.01. The predicted molar refractivity (Wildman–Crippen MR) is 48.1 cm³/mol. The van der Waals surface area contributed by atoms with E-state index in [1.165, 1.54) is 6.92 Å². The summed E-state index contributed by atoms with van der Waals surface area (Å²) in [7, 11) is 0. The van der Waals surface area contributed by atoms with Gasteiger partial charge in [-0.15, -0.1) is 0 Å². The fourth-order valence-electron chi connectivity index (χ4n) is 0.555. The number of carbonyl (C=O) groups is 2. The van der Waals surface area contributed by atoms with Crippen molar-refractivity contribution in [3.05, 3.63) is 0 Å². The lowest BCUT2D eigenvalue weighted by Crippen LogP contribution is -2.25. The van der Waals surface area contributed by atoms with E-state index in [1.54, 1.807) is 0 Å². The molecule has 0 aromatic carbocycles. The molecule has 0 spiro atoms. The van der Waals surface area contributed by atoms with Gasteiger partial charge < -0.3 is 10.1 Å². The Labute approximate surface area is 77.1 Å². The lowest BCUT2D eigenvalue weighted by Gasteiger charge is -2.03. The largest absolute Gasteiger partial charge is 0.464 e. The lowest BCUT2D eigenvalue weighted by atomic mass is 10.5. The summed E-state index contributed by atoms with van der Waals surface area (Å²) in [6, 6.07) is 0.